The first kappa shape index (κ1) is 10.2. The molecule has 5 nitrogen and oxygen atoms in total. The largest absolute Gasteiger partial charge is 0.508 e. The van der Waals surface area contributed by atoms with Gasteiger partial charge in [-0.2, -0.15) is 5.26 Å². The normalized spacial score (nSPS) is 12.2. The number of H-pyrrole nitrogens is 1. The van der Waals surface area contributed by atoms with E-state index in [-0.39, 0.29) is 17.2 Å². The molecule has 0 radical (unpaired) electrons. The Labute approximate surface area is 91.3 Å². The van der Waals surface area contributed by atoms with Crippen LogP contribution >= 0.6 is 0 Å². The van der Waals surface area contributed by atoms with Crippen LogP contribution in [0.2, 0.25) is 0 Å². The average Bonchev–Trinajstić information content (AvgIpc) is 2.72. The van der Waals surface area contributed by atoms with Gasteiger partial charge >= 0.3 is 0 Å². The lowest BCUT2D eigenvalue weighted by Crippen LogP contribution is -1.95. The summed E-state index contributed by atoms with van der Waals surface area (Å²) in [4.78, 5) is 7.05. The summed E-state index contributed by atoms with van der Waals surface area (Å²) in [5.74, 6) is -0.128. The summed E-state index contributed by atoms with van der Waals surface area (Å²) in [7, 11) is 0. The van der Waals surface area contributed by atoms with Crippen molar-refractivity contribution in [2.24, 2.45) is 0 Å². The van der Waals surface area contributed by atoms with E-state index in [2.05, 4.69) is 9.97 Å². The van der Waals surface area contributed by atoms with E-state index in [1.54, 1.807) is 12.1 Å². The monoisotopic (exact) mass is 215 g/mol. The molecule has 0 fully saturated rings. The summed E-state index contributed by atoms with van der Waals surface area (Å²) in [6, 6.07) is 9.08. The van der Waals surface area contributed by atoms with Crippen molar-refractivity contribution in [3.05, 3.63) is 35.8 Å². The van der Waals surface area contributed by atoms with E-state index >= 15 is 0 Å². The van der Waals surface area contributed by atoms with Crippen molar-refractivity contribution >= 4 is 16.6 Å². The van der Waals surface area contributed by atoms with Crippen molar-refractivity contribution in [1.82, 2.24) is 9.97 Å². The number of allylic oxidation sites excluding steroid dienone is 1. The lowest BCUT2D eigenvalue weighted by atomic mass is 10.2. The fourth-order valence-electron chi connectivity index (χ4n) is 1.40. The van der Waals surface area contributed by atoms with Gasteiger partial charge in [0.1, 0.15) is 24.0 Å². The van der Waals surface area contributed by atoms with Gasteiger partial charge in [0.25, 0.3) is 0 Å². The molecule has 1 heterocycles. The molecule has 0 spiro atoms. The Balaban J connectivity index is 2.60. The first-order valence-electron chi connectivity index (χ1n) is 4.64. The lowest BCUT2D eigenvalue weighted by molar-refractivity contribution is 0.255. The molecule has 0 bridgehead atoms. The van der Waals surface area contributed by atoms with E-state index in [1.807, 2.05) is 18.2 Å². The van der Waals surface area contributed by atoms with E-state index in [4.69, 9.17) is 10.4 Å². The van der Waals surface area contributed by atoms with E-state index in [0.717, 1.165) is 5.52 Å². The van der Waals surface area contributed by atoms with Gasteiger partial charge in [0.15, 0.2) is 5.82 Å². The van der Waals surface area contributed by atoms with Gasteiger partial charge in [-0.1, -0.05) is 12.1 Å². The maximum absolute atomic E-state index is 9.34. The number of imidazole rings is 1. The molecule has 0 saturated carbocycles. The van der Waals surface area contributed by atoms with Crippen LogP contribution in [-0.4, -0.2) is 26.8 Å². The van der Waals surface area contributed by atoms with Crippen LogP contribution in [0, 0.1) is 11.3 Å². The van der Waals surface area contributed by atoms with Crippen LogP contribution in [0.1, 0.15) is 5.82 Å². The number of nitriles is 1. The predicted molar refractivity (Wildman–Crippen MR) is 58.3 cm³/mol. The number of aliphatic hydroxyl groups is 2. The topological polar surface area (TPSA) is 92.9 Å². The Morgan fingerprint density at radius 2 is 2.19 bits per heavy atom. The molecule has 16 heavy (non-hydrogen) atoms. The molecule has 3 N–H and O–H groups in total. The minimum Gasteiger partial charge on any atom is -0.508 e. The molecular formula is C11H9N3O2. The zero-order valence-electron chi connectivity index (χ0n) is 8.31. The molecule has 0 amide bonds. The van der Waals surface area contributed by atoms with Crippen LogP contribution < -0.4 is 0 Å². The highest BCUT2D eigenvalue weighted by Crippen LogP contribution is 2.18. The quantitative estimate of drug-likeness (QED) is 0.520. The number of para-hydroxylation sites is 2. The van der Waals surface area contributed by atoms with Crippen LogP contribution in [0.5, 0.6) is 0 Å². The standard InChI is InChI=1S/C11H9N3O2/c12-5-7(10(16)6-15)11-13-8-3-1-2-4-9(8)14-11/h1-4,15-16H,6H2,(H,13,14)/b10-7+. The first-order valence-corrected chi connectivity index (χ1v) is 4.64. The Kier molecular flexibility index (Phi) is 2.58. The second-order valence-electron chi connectivity index (χ2n) is 3.19. The van der Waals surface area contributed by atoms with Crippen molar-refractivity contribution in [2.45, 2.75) is 0 Å². The molecule has 0 aliphatic heterocycles. The second kappa shape index (κ2) is 4.04. The van der Waals surface area contributed by atoms with Gasteiger partial charge in [-0.05, 0) is 12.1 Å². The van der Waals surface area contributed by atoms with Gasteiger partial charge in [0.05, 0.1) is 11.0 Å². The van der Waals surface area contributed by atoms with Gasteiger partial charge in [0, 0.05) is 0 Å². The van der Waals surface area contributed by atoms with Crippen LogP contribution in [0.4, 0.5) is 0 Å². The van der Waals surface area contributed by atoms with Gasteiger partial charge in [0.2, 0.25) is 0 Å². The third-order valence-electron chi connectivity index (χ3n) is 2.18. The van der Waals surface area contributed by atoms with Crippen molar-refractivity contribution in [1.29, 1.82) is 5.26 Å². The number of nitrogens with one attached hydrogen (secondary N) is 1. The highest BCUT2D eigenvalue weighted by molar-refractivity contribution is 5.82. The van der Waals surface area contributed by atoms with Crippen LogP contribution in [0.25, 0.3) is 16.6 Å². The lowest BCUT2D eigenvalue weighted by Gasteiger charge is -1.96. The van der Waals surface area contributed by atoms with E-state index < -0.39 is 6.61 Å². The van der Waals surface area contributed by atoms with E-state index in [9.17, 15) is 5.11 Å². The molecule has 5 heteroatoms. The molecule has 2 rings (SSSR count). The molecule has 2 aromatic rings. The van der Waals surface area contributed by atoms with Crippen molar-refractivity contribution in [2.75, 3.05) is 6.61 Å². The van der Waals surface area contributed by atoms with E-state index in [0.29, 0.717) is 5.52 Å². The van der Waals surface area contributed by atoms with Gasteiger partial charge in [-0.25, -0.2) is 4.98 Å². The molecule has 1 aromatic carbocycles. The van der Waals surface area contributed by atoms with Crippen LogP contribution in [0.15, 0.2) is 30.0 Å². The number of hydrogen-bond donors (Lipinski definition) is 3. The van der Waals surface area contributed by atoms with Crippen molar-refractivity contribution in [3.63, 3.8) is 0 Å². The highest BCUT2D eigenvalue weighted by Gasteiger charge is 2.11. The first-order chi connectivity index (χ1) is 7.76. The third-order valence-corrected chi connectivity index (χ3v) is 2.18. The Morgan fingerprint density at radius 1 is 1.44 bits per heavy atom. The number of fused-ring (bicyclic) bond motifs is 1. The molecule has 1 aromatic heterocycles. The Bertz CT molecular complexity index is 560. The fraction of sp³-hybridized carbons (Fsp3) is 0.0909. The van der Waals surface area contributed by atoms with Crippen molar-refractivity contribution < 1.29 is 10.2 Å². The molecule has 0 atom stereocenters. The zero-order chi connectivity index (χ0) is 11.5. The third kappa shape index (κ3) is 1.62. The number of nitrogens with zero attached hydrogens (tertiary/aromatic N) is 2. The molecule has 0 unspecified atom stereocenters. The summed E-state index contributed by atoms with van der Waals surface area (Å²) >= 11 is 0. The van der Waals surface area contributed by atoms with E-state index in [1.165, 1.54) is 0 Å². The van der Waals surface area contributed by atoms with Gasteiger partial charge in [-0.3, -0.25) is 0 Å². The number of benzene rings is 1. The Morgan fingerprint density at radius 3 is 2.81 bits per heavy atom. The number of hydrogen-bond acceptors (Lipinski definition) is 4. The smallest absolute Gasteiger partial charge is 0.152 e. The fourth-order valence-corrected chi connectivity index (χ4v) is 1.40. The molecule has 80 valence electrons. The summed E-state index contributed by atoms with van der Waals surface area (Å²) in [6.45, 7) is -0.583. The summed E-state index contributed by atoms with van der Waals surface area (Å²) < 4.78 is 0. The second-order valence-corrected chi connectivity index (χ2v) is 3.19. The number of aromatic nitrogens is 2. The average molecular weight is 215 g/mol. The maximum Gasteiger partial charge on any atom is 0.152 e. The zero-order valence-corrected chi connectivity index (χ0v) is 8.31. The number of aliphatic hydroxyl groups excluding tert-OH is 2. The molecular weight excluding hydrogens is 206 g/mol. The molecule has 0 aliphatic rings. The highest BCUT2D eigenvalue weighted by atomic mass is 16.3. The minimum atomic E-state index is -0.583. The van der Waals surface area contributed by atoms with Crippen molar-refractivity contribution in [3.8, 4) is 6.07 Å². The summed E-state index contributed by atoms with van der Waals surface area (Å²) in [6.07, 6.45) is 0. The van der Waals surface area contributed by atoms with Gasteiger partial charge < -0.3 is 15.2 Å². The van der Waals surface area contributed by atoms with Crippen LogP contribution in [-0.2, 0) is 0 Å². The molecule has 0 saturated heterocycles. The minimum absolute atomic E-state index is 0.0429. The van der Waals surface area contributed by atoms with Crippen LogP contribution in [0.3, 0.4) is 0 Å². The Hall–Kier alpha value is -2.32. The summed E-state index contributed by atoms with van der Waals surface area (Å²) in [5.41, 5.74) is 1.44. The summed E-state index contributed by atoms with van der Waals surface area (Å²) in [5, 5.41) is 27.0. The predicted octanol–water partition coefficient (Wildman–Crippen LogP) is 1.35. The maximum atomic E-state index is 9.34. The SMILES string of the molecule is N#C/C(=C(\O)CO)c1nc2ccccc2[nH]1. The number of rotatable bonds is 2. The van der Waals surface area contributed by atoms with Gasteiger partial charge in [-0.15, -0.1) is 0 Å². The number of aromatic amines is 1. The molecule has 0 aliphatic carbocycles.